The lowest BCUT2D eigenvalue weighted by Gasteiger charge is -2.06. The summed E-state index contributed by atoms with van der Waals surface area (Å²) >= 11 is 5.76. The molecular weight excluding hydrogens is 262 g/mol. The van der Waals surface area contributed by atoms with E-state index < -0.39 is 24.3 Å². The van der Waals surface area contributed by atoms with Gasteiger partial charge in [0.05, 0.1) is 17.1 Å². The molecule has 0 radical (unpaired) electrons. The van der Waals surface area contributed by atoms with Crippen LogP contribution in [0.2, 0.25) is 5.02 Å². The minimum Gasteiger partial charge on any atom is -0.480 e. The lowest BCUT2D eigenvalue weighted by Crippen LogP contribution is -2.39. The number of pyridine rings is 1. The van der Waals surface area contributed by atoms with Crippen molar-refractivity contribution >= 4 is 29.4 Å². The Kier molecular flexibility index (Phi) is 5.06. The molecule has 3 N–H and O–H groups in total. The van der Waals surface area contributed by atoms with Crippen molar-refractivity contribution in [3.05, 3.63) is 29.0 Å². The summed E-state index contributed by atoms with van der Waals surface area (Å²) in [5.74, 6) is -2.32. The fourth-order valence-corrected chi connectivity index (χ4v) is 1.23. The number of aliphatic carboxylic acids is 1. The number of nitrogens with zero attached hydrogens (tertiary/aromatic N) is 1. The highest BCUT2D eigenvalue weighted by molar-refractivity contribution is 6.33. The Hall–Kier alpha value is -2.15. The molecule has 0 saturated heterocycles. The molecule has 1 heterocycles. The number of carboxylic acids is 1. The van der Waals surface area contributed by atoms with Crippen LogP contribution in [0, 0.1) is 0 Å². The summed E-state index contributed by atoms with van der Waals surface area (Å²) in [5, 5.41) is 12.9. The van der Waals surface area contributed by atoms with E-state index in [2.05, 4.69) is 15.6 Å². The van der Waals surface area contributed by atoms with E-state index >= 15 is 0 Å². The molecule has 0 aliphatic carbocycles. The number of hydrogen-bond acceptors (Lipinski definition) is 4. The molecule has 1 aromatic rings. The van der Waals surface area contributed by atoms with Crippen LogP contribution >= 0.6 is 11.6 Å². The molecule has 0 fully saturated rings. The molecule has 1 rings (SSSR count). The number of amides is 2. The van der Waals surface area contributed by atoms with E-state index in [0.29, 0.717) is 0 Å². The third kappa shape index (κ3) is 4.38. The van der Waals surface area contributed by atoms with Gasteiger partial charge in [-0.2, -0.15) is 0 Å². The third-order valence-electron chi connectivity index (χ3n) is 1.86. The molecule has 0 aliphatic rings. The summed E-state index contributed by atoms with van der Waals surface area (Å²) in [5.41, 5.74) is 0.144. The Bertz CT molecular complexity index is 478. The van der Waals surface area contributed by atoms with E-state index in [-0.39, 0.29) is 17.1 Å². The summed E-state index contributed by atoms with van der Waals surface area (Å²) < 4.78 is 0. The largest absolute Gasteiger partial charge is 0.480 e. The molecule has 8 heteroatoms. The first-order valence-electron chi connectivity index (χ1n) is 4.87. The predicted molar refractivity (Wildman–Crippen MR) is 62.2 cm³/mol. The van der Waals surface area contributed by atoms with E-state index in [4.69, 9.17) is 16.7 Å². The number of hydrogen-bond donors (Lipinski definition) is 3. The van der Waals surface area contributed by atoms with Gasteiger partial charge in [-0.15, -0.1) is 0 Å². The topological polar surface area (TPSA) is 108 Å². The van der Waals surface area contributed by atoms with Gasteiger partial charge in [0.25, 0.3) is 5.91 Å². The number of carbonyl (C=O) groups is 3. The van der Waals surface area contributed by atoms with Crippen LogP contribution in [0.1, 0.15) is 10.4 Å². The van der Waals surface area contributed by atoms with Gasteiger partial charge in [-0.05, 0) is 6.07 Å². The van der Waals surface area contributed by atoms with E-state index in [1.165, 1.54) is 18.5 Å². The van der Waals surface area contributed by atoms with E-state index in [9.17, 15) is 14.4 Å². The lowest BCUT2D eigenvalue weighted by atomic mass is 10.2. The van der Waals surface area contributed by atoms with Gasteiger partial charge in [-0.3, -0.25) is 19.4 Å². The highest BCUT2D eigenvalue weighted by Crippen LogP contribution is 2.12. The van der Waals surface area contributed by atoms with Gasteiger partial charge in [-0.25, -0.2) is 0 Å². The molecule has 18 heavy (non-hydrogen) atoms. The van der Waals surface area contributed by atoms with Gasteiger partial charge < -0.3 is 15.7 Å². The maximum absolute atomic E-state index is 11.6. The molecule has 7 nitrogen and oxygen atoms in total. The number of aromatic nitrogens is 1. The van der Waals surface area contributed by atoms with Crippen LogP contribution in [-0.4, -0.2) is 41.0 Å². The number of carboxylic acid groups (broad SMARTS) is 1. The zero-order chi connectivity index (χ0) is 13.5. The van der Waals surface area contributed by atoms with Gasteiger partial charge in [0.2, 0.25) is 5.91 Å². The predicted octanol–water partition coefficient (Wildman–Crippen LogP) is -0.334. The first kappa shape index (κ1) is 13.9. The molecule has 0 bridgehead atoms. The molecule has 0 spiro atoms. The normalized spacial score (nSPS) is 9.61. The van der Waals surface area contributed by atoms with Gasteiger partial charge in [0.15, 0.2) is 0 Å². The maximum atomic E-state index is 11.6. The number of nitrogens with one attached hydrogen (secondary N) is 2. The minimum atomic E-state index is -1.16. The first-order valence-corrected chi connectivity index (χ1v) is 5.24. The van der Waals surface area contributed by atoms with Crippen LogP contribution < -0.4 is 10.6 Å². The Labute approximate surface area is 107 Å². The van der Waals surface area contributed by atoms with Crippen molar-refractivity contribution < 1.29 is 19.5 Å². The zero-order valence-corrected chi connectivity index (χ0v) is 9.90. The Morgan fingerprint density at radius 2 is 2.00 bits per heavy atom. The second kappa shape index (κ2) is 6.55. The average Bonchev–Trinajstić information content (AvgIpc) is 2.34. The Morgan fingerprint density at radius 1 is 1.28 bits per heavy atom. The molecule has 1 aromatic heterocycles. The van der Waals surface area contributed by atoms with Crippen molar-refractivity contribution in [2.75, 3.05) is 13.1 Å². The standard InChI is InChI=1S/C10H10ClN3O4/c11-7-1-2-12-3-6(7)10(18)14-4-8(15)13-5-9(16)17/h1-3H,4-5H2,(H,13,15)(H,14,18)(H,16,17). The minimum absolute atomic E-state index is 0.144. The highest BCUT2D eigenvalue weighted by Gasteiger charge is 2.11. The number of carbonyl (C=O) groups excluding carboxylic acids is 2. The van der Waals surface area contributed by atoms with Crippen molar-refractivity contribution in [2.45, 2.75) is 0 Å². The molecule has 0 aromatic carbocycles. The summed E-state index contributed by atoms with van der Waals surface area (Å²) in [7, 11) is 0. The lowest BCUT2D eigenvalue weighted by molar-refractivity contribution is -0.137. The molecular formula is C10H10ClN3O4. The number of halogens is 1. The molecule has 0 atom stereocenters. The molecule has 2 amide bonds. The van der Waals surface area contributed by atoms with Crippen molar-refractivity contribution in [1.29, 1.82) is 0 Å². The van der Waals surface area contributed by atoms with Crippen LogP contribution in [0.15, 0.2) is 18.5 Å². The Balaban J connectivity index is 2.45. The fraction of sp³-hybridized carbons (Fsp3) is 0.200. The zero-order valence-electron chi connectivity index (χ0n) is 9.14. The van der Waals surface area contributed by atoms with E-state index in [1.807, 2.05) is 0 Å². The summed E-state index contributed by atoms with van der Waals surface area (Å²) in [6, 6.07) is 1.45. The highest BCUT2D eigenvalue weighted by atomic mass is 35.5. The van der Waals surface area contributed by atoms with Gasteiger partial charge in [0.1, 0.15) is 6.54 Å². The van der Waals surface area contributed by atoms with Crippen molar-refractivity contribution in [1.82, 2.24) is 15.6 Å². The second-order valence-electron chi connectivity index (χ2n) is 3.21. The number of rotatable bonds is 5. The van der Waals surface area contributed by atoms with E-state index in [1.54, 1.807) is 0 Å². The van der Waals surface area contributed by atoms with Crippen LogP contribution in [0.3, 0.4) is 0 Å². The Morgan fingerprint density at radius 3 is 2.61 bits per heavy atom. The van der Waals surface area contributed by atoms with Crippen LogP contribution in [0.4, 0.5) is 0 Å². The molecule has 0 unspecified atom stereocenters. The van der Waals surface area contributed by atoms with Crippen molar-refractivity contribution in [3.8, 4) is 0 Å². The van der Waals surface area contributed by atoms with Crippen LogP contribution in [0.5, 0.6) is 0 Å². The monoisotopic (exact) mass is 271 g/mol. The van der Waals surface area contributed by atoms with Crippen molar-refractivity contribution in [3.63, 3.8) is 0 Å². The smallest absolute Gasteiger partial charge is 0.322 e. The molecule has 0 aliphatic heterocycles. The van der Waals surface area contributed by atoms with Gasteiger partial charge in [-0.1, -0.05) is 11.6 Å². The third-order valence-corrected chi connectivity index (χ3v) is 2.19. The fourth-order valence-electron chi connectivity index (χ4n) is 1.04. The average molecular weight is 272 g/mol. The van der Waals surface area contributed by atoms with Crippen molar-refractivity contribution in [2.24, 2.45) is 0 Å². The summed E-state index contributed by atoms with van der Waals surface area (Å²) in [6.07, 6.45) is 2.70. The second-order valence-corrected chi connectivity index (χ2v) is 3.62. The van der Waals surface area contributed by atoms with Crippen LogP contribution in [-0.2, 0) is 9.59 Å². The van der Waals surface area contributed by atoms with E-state index in [0.717, 1.165) is 0 Å². The van der Waals surface area contributed by atoms with Gasteiger partial charge >= 0.3 is 5.97 Å². The summed E-state index contributed by atoms with van der Waals surface area (Å²) in [6.45, 7) is -0.834. The SMILES string of the molecule is O=C(O)CNC(=O)CNC(=O)c1cnccc1Cl. The van der Waals surface area contributed by atoms with Gasteiger partial charge in [0, 0.05) is 12.4 Å². The summed E-state index contributed by atoms with van der Waals surface area (Å²) in [4.78, 5) is 36.6. The maximum Gasteiger partial charge on any atom is 0.322 e. The van der Waals surface area contributed by atoms with Crippen LogP contribution in [0.25, 0.3) is 0 Å². The molecule has 96 valence electrons. The molecule has 0 saturated carbocycles. The quantitative estimate of drug-likeness (QED) is 0.679. The first-order chi connectivity index (χ1) is 8.50.